The van der Waals surface area contributed by atoms with Crippen molar-refractivity contribution in [1.29, 1.82) is 0 Å². The maximum absolute atomic E-state index is 11.8. The number of ether oxygens (including phenoxy) is 1. The van der Waals surface area contributed by atoms with Crippen LogP contribution in [0.1, 0.15) is 33.6 Å². The van der Waals surface area contributed by atoms with E-state index in [0.717, 1.165) is 12.8 Å². The summed E-state index contributed by atoms with van der Waals surface area (Å²) in [7, 11) is 0. The highest BCUT2D eigenvalue weighted by Gasteiger charge is 2.35. The molecule has 0 radical (unpaired) electrons. The molecule has 5 heteroatoms. The smallest absolute Gasteiger partial charge is 0.410 e. The predicted octanol–water partition coefficient (Wildman–Crippen LogP) is 2.28. The Hall–Kier alpha value is -0.710. The predicted molar refractivity (Wildman–Crippen MR) is 64.5 cm³/mol. The third-order valence-electron chi connectivity index (χ3n) is 2.35. The number of thioether (sulfide) groups is 1. The van der Waals surface area contributed by atoms with Gasteiger partial charge in [0.05, 0.1) is 0 Å². The van der Waals surface area contributed by atoms with Crippen LogP contribution >= 0.6 is 11.8 Å². The molecule has 0 aromatic heterocycles. The molecule has 1 rings (SSSR count). The standard InChI is InChI=1S/C11H19NO3S/c1-11(2,3)15-10(14)12-7-5-6-8(12)9(13)16-4/h8H,5-7H2,1-4H3. The van der Waals surface area contributed by atoms with Crippen molar-refractivity contribution in [3.8, 4) is 0 Å². The molecule has 1 atom stereocenters. The summed E-state index contributed by atoms with van der Waals surface area (Å²) in [6.45, 7) is 6.09. The SMILES string of the molecule is CSC(=O)C1CCCN1C(=O)OC(C)(C)C. The fourth-order valence-corrected chi connectivity index (χ4v) is 2.20. The lowest BCUT2D eigenvalue weighted by Gasteiger charge is -2.27. The van der Waals surface area contributed by atoms with Crippen molar-refractivity contribution in [3.05, 3.63) is 0 Å². The second-order valence-corrected chi connectivity index (χ2v) is 5.67. The number of carbonyl (C=O) groups excluding carboxylic acids is 2. The van der Waals surface area contributed by atoms with Crippen LogP contribution in [0, 0.1) is 0 Å². The molecular weight excluding hydrogens is 226 g/mol. The van der Waals surface area contributed by atoms with Gasteiger partial charge in [0.15, 0.2) is 0 Å². The van der Waals surface area contributed by atoms with E-state index in [9.17, 15) is 9.59 Å². The van der Waals surface area contributed by atoms with Crippen molar-refractivity contribution < 1.29 is 14.3 Å². The van der Waals surface area contributed by atoms with Gasteiger partial charge in [0, 0.05) is 6.54 Å². The number of hydrogen-bond donors (Lipinski definition) is 0. The lowest BCUT2D eigenvalue weighted by Crippen LogP contribution is -2.42. The highest BCUT2D eigenvalue weighted by Crippen LogP contribution is 2.23. The van der Waals surface area contributed by atoms with E-state index < -0.39 is 5.60 Å². The van der Waals surface area contributed by atoms with Crippen LogP contribution in [0.2, 0.25) is 0 Å². The monoisotopic (exact) mass is 245 g/mol. The first-order valence-electron chi connectivity index (χ1n) is 5.42. The van der Waals surface area contributed by atoms with Crippen LogP contribution in [0.5, 0.6) is 0 Å². The summed E-state index contributed by atoms with van der Waals surface area (Å²) in [5, 5.41) is 0.0448. The summed E-state index contributed by atoms with van der Waals surface area (Å²) in [5.41, 5.74) is -0.507. The van der Waals surface area contributed by atoms with Crippen LogP contribution < -0.4 is 0 Å². The molecule has 0 aromatic carbocycles. The van der Waals surface area contributed by atoms with Crippen LogP contribution in [0.3, 0.4) is 0 Å². The first kappa shape index (κ1) is 13.4. The quantitative estimate of drug-likeness (QED) is 0.711. The Morgan fingerprint density at radius 3 is 2.50 bits per heavy atom. The molecule has 1 fully saturated rings. The van der Waals surface area contributed by atoms with Crippen LogP contribution in [0.25, 0.3) is 0 Å². The third-order valence-corrected chi connectivity index (χ3v) is 3.03. The van der Waals surface area contributed by atoms with Gasteiger partial charge in [-0.15, -0.1) is 0 Å². The molecule has 0 spiro atoms. The van der Waals surface area contributed by atoms with Crippen molar-refractivity contribution in [2.75, 3.05) is 12.8 Å². The molecule has 0 saturated carbocycles. The molecule has 0 N–H and O–H groups in total. The summed E-state index contributed by atoms with van der Waals surface area (Å²) in [5.74, 6) is 0. The van der Waals surface area contributed by atoms with Gasteiger partial charge in [0.1, 0.15) is 11.6 Å². The van der Waals surface area contributed by atoms with Crippen molar-refractivity contribution in [1.82, 2.24) is 4.90 Å². The Morgan fingerprint density at radius 2 is 2.00 bits per heavy atom. The second kappa shape index (κ2) is 5.08. The van der Waals surface area contributed by atoms with Gasteiger partial charge in [0.25, 0.3) is 0 Å². The fraction of sp³-hybridized carbons (Fsp3) is 0.818. The van der Waals surface area contributed by atoms with E-state index in [1.54, 1.807) is 11.2 Å². The third kappa shape index (κ3) is 3.40. The molecule has 1 heterocycles. The zero-order valence-electron chi connectivity index (χ0n) is 10.3. The lowest BCUT2D eigenvalue weighted by molar-refractivity contribution is -0.114. The van der Waals surface area contributed by atoms with E-state index in [4.69, 9.17) is 4.74 Å². The summed E-state index contributed by atoms with van der Waals surface area (Å²) >= 11 is 1.17. The number of rotatable bonds is 1. The zero-order valence-corrected chi connectivity index (χ0v) is 11.1. The molecule has 4 nitrogen and oxygen atoms in total. The van der Waals surface area contributed by atoms with Crippen LogP contribution in [-0.4, -0.2) is 40.6 Å². The molecule has 1 unspecified atom stereocenters. The Morgan fingerprint density at radius 1 is 1.38 bits per heavy atom. The summed E-state index contributed by atoms with van der Waals surface area (Å²) in [6, 6.07) is -0.301. The summed E-state index contributed by atoms with van der Waals surface area (Å²) < 4.78 is 5.27. The Bertz CT molecular complexity index is 285. The minimum absolute atomic E-state index is 0.0448. The maximum atomic E-state index is 11.8. The molecular formula is C11H19NO3S. The minimum Gasteiger partial charge on any atom is -0.444 e. The lowest BCUT2D eigenvalue weighted by atomic mass is 10.2. The minimum atomic E-state index is -0.507. The van der Waals surface area contributed by atoms with Crippen LogP contribution in [0.15, 0.2) is 0 Å². The average molecular weight is 245 g/mol. The molecule has 0 aliphatic carbocycles. The number of hydrogen-bond acceptors (Lipinski definition) is 4. The number of nitrogens with zero attached hydrogens (tertiary/aromatic N) is 1. The van der Waals surface area contributed by atoms with Crippen molar-refractivity contribution >= 4 is 23.0 Å². The van der Waals surface area contributed by atoms with Crippen LogP contribution in [-0.2, 0) is 9.53 Å². The molecule has 0 bridgehead atoms. The highest BCUT2D eigenvalue weighted by molar-refractivity contribution is 8.13. The van der Waals surface area contributed by atoms with E-state index in [1.165, 1.54) is 11.8 Å². The Kier molecular flexibility index (Phi) is 4.24. The van der Waals surface area contributed by atoms with Gasteiger partial charge < -0.3 is 4.74 Å². The molecule has 92 valence electrons. The fourth-order valence-electron chi connectivity index (χ4n) is 1.69. The van der Waals surface area contributed by atoms with E-state index >= 15 is 0 Å². The average Bonchev–Trinajstić information content (AvgIpc) is 2.62. The first-order valence-corrected chi connectivity index (χ1v) is 6.65. The van der Waals surface area contributed by atoms with Crippen LogP contribution in [0.4, 0.5) is 4.79 Å². The number of carbonyl (C=O) groups is 2. The molecule has 16 heavy (non-hydrogen) atoms. The second-order valence-electron chi connectivity index (χ2n) is 4.85. The Balaban J connectivity index is 2.65. The largest absolute Gasteiger partial charge is 0.444 e. The van der Waals surface area contributed by atoms with E-state index in [0.29, 0.717) is 6.54 Å². The van der Waals surface area contributed by atoms with E-state index in [2.05, 4.69) is 0 Å². The van der Waals surface area contributed by atoms with Crippen molar-refractivity contribution in [3.63, 3.8) is 0 Å². The first-order chi connectivity index (χ1) is 7.35. The zero-order chi connectivity index (χ0) is 12.3. The molecule has 1 aliphatic heterocycles. The molecule has 1 saturated heterocycles. The van der Waals surface area contributed by atoms with E-state index in [-0.39, 0.29) is 17.3 Å². The van der Waals surface area contributed by atoms with Crippen molar-refractivity contribution in [2.24, 2.45) is 0 Å². The normalized spacial score (nSPS) is 21.0. The van der Waals surface area contributed by atoms with Gasteiger partial charge in [-0.2, -0.15) is 0 Å². The van der Waals surface area contributed by atoms with Gasteiger partial charge >= 0.3 is 6.09 Å². The van der Waals surface area contributed by atoms with Gasteiger partial charge in [-0.05, 0) is 39.9 Å². The summed E-state index contributed by atoms with van der Waals surface area (Å²) in [6.07, 6.45) is 2.99. The number of amides is 1. The Labute approximate surface area is 101 Å². The summed E-state index contributed by atoms with van der Waals surface area (Å²) in [4.78, 5) is 25.0. The van der Waals surface area contributed by atoms with Crippen molar-refractivity contribution in [2.45, 2.75) is 45.3 Å². The number of likely N-dealkylation sites (tertiary alicyclic amines) is 1. The van der Waals surface area contributed by atoms with Gasteiger partial charge in [-0.1, -0.05) is 11.8 Å². The molecule has 1 amide bonds. The van der Waals surface area contributed by atoms with Gasteiger partial charge in [-0.25, -0.2) is 4.79 Å². The topological polar surface area (TPSA) is 46.6 Å². The maximum Gasteiger partial charge on any atom is 0.410 e. The molecule has 0 aromatic rings. The van der Waals surface area contributed by atoms with Gasteiger partial charge in [0.2, 0.25) is 5.12 Å². The van der Waals surface area contributed by atoms with Gasteiger partial charge in [-0.3, -0.25) is 9.69 Å². The highest BCUT2D eigenvalue weighted by atomic mass is 32.2. The van der Waals surface area contributed by atoms with E-state index in [1.807, 2.05) is 20.8 Å². The molecule has 1 aliphatic rings.